The number of anilines is 1. The van der Waals surface area contributed by atoms with Crippen LogP contribution >= 0.6 is 11.6 Å². The molecule has 9 heteroatoms. The summed E-state index contributed by atoms with van der Waals surface area (Å²) in [7, 11) is -3.62. The molecule has 7 nitrogen and oxygen atoms in total. The van der Waals surface area contributed by atoms with E-state index in [1.54, 1.807) is 28.9 Å². The zero-order chi connectivity index (χ0) is 18.6. The van der Waals surface area contributed by atoms with E-state index in [0.717, 1.165) is 6.26 Å². The molecule has 132 valence electrons. The molecule has 0 amide bonds. The van der Waals surface area contributed by atoms with Crippen molar-refractivity contribution in [2.24, 2.45) is 0 Å². The Morgan fingerprint density at radius 3 is 2.44 bits per heavy atom. The fraction of sp³-hybridized carbons (Fsp3) is 0.312. The van der Waals surface area contributed by atoms with E-state index in [1.807, 2.05) is 20.8 Å². The SMILES string of the molecule is CC(C)(C)n1nc2nc(S(C)(=O)=O)nc(-c3cccc(Cl)c3)c2c1N. The summed E-state index contributed by atoms with van der Waals surface area (Å²) in [5, 5.41) is 5.12. The first-order valence-corrected chi connectivity index (χ1v) is 9.78. The van der Waals surface area contributed by atoms with E-state index in [-0.39, 0.29) is 10.8 Å². The van der Waals surface area contributed by atoms with Crippen molar-refractivity contribution >= 4 is 38.3 Å². The summed E-state index contributed by atoms with van der Waals surface area (Å²) in [5.74, 6) is 0.373. The molecule has 2 heterocycles. The fourth-order valence-electron chi connectivity index (χ4n) is 2.51. The summed E-state index contributed by atoms with van der Waals surface area (Å²) in [4.78, 5) is 8.35. The molecule has 25 heavy (non-hydrogen) atoms. The highest BCUT2D eigenvalue weighted by Gasteiger charge is 2.26. The van der Waals surface area contributed by atoms with Crippen LogP contribution in [-0.4, -0.2) is 34.4 Å². The smallest absolute Gasteiger partial charge is 0.249 e. The Hall–Kier alpha value is -2.19. The minimum absolute atomic E-state index is 0.234. The maximum Gasteiger partial charge on any atom is 0.249 e. The van der Waals surface area contributed by atoms with Gasteiger partial charge in [-0.3, -0.25) is 0 Å². The van der Waals surface area contributed by atoms with Crippen LogP contribution in [0.1, 0.15) is 20.8 Å². The van der Waals surface area contributed by atoms with Gasteiger partial charge in [0.15, 0.2) is 5.65 Å². The lowest BCUT2D eigenvalue weighted by atomic mass is 10.1. The summed E-state index contributed by atoms with van der Waals surface area (Å²) in [6.07, 6.45) is 1.06. The Balaban J connectivity index is 2.46. The molecule has 0 atom stereocenters. The van der Waals surface area contributed by atoms with Crippen LogP contribution in [0.25, 0.3) is 22.3 Å². The molecule has 2 aromatic heterocycles. The Morgan fingerprint density at radius 1 is 1.20 bits per heavy atom. The number of nitrogens with two attached hydrogens (primary N) is 1. The highest BCUT2D eigenvalue weighted by molar-refractivity contribution is 7.90. The van der Waals surface area contributed by atoms with Gasteiger partial charge in [-0.1, -0.05) is 23.7 Å². The van der Waals surface area contributed by atoms with E-state index in [4.69, 9.17) is 17.3 Å². The van der Waals surface area contributed by atoms with Crippen LogP contribution in [0.5, 0.6) is 0 Å². The van der Waals surface area contributed by atoms with E-state index in [9.17, 15) is 8.42 Å². The van der Waals surface area contributed by atoms with Crippen molar-refractivity contribution < 1.29 is 8.42 Å². The third kappa shape index (κ3) is 3.19. The van der Waals surface area contributed by atoms with E-state index in [0.29, 0.717) is 27.5 Å². The third-order valence-corrected chi connectivity index (χ3v) is 4.69. The van der Waals surface area contributed by atoms with Gasteiger partial charge in [-0.05, 0) is 32.9 Å². The number of aromatic nitrogens is 4. The fourth-order valence-corrected chi connectivity index (χ4v) is 3.21. The number of nitrogens with zero attached hydrogens (tertiary/aromatic N) is 4. The first-order chi connectivity index (χ1) is 11.5. The summed E-state index contributed by atoms with van der Waals surface area (Å²) in [5.41, 5.74) is 7.16. The van der Waals surface area contributed by atoms with Gasteiger partial charge in [0, 0.05) is 16.8 Å². The molecule has 0 saturated carbocycles. The maximum atomic E-state index is 12.0. The minimum atomic E-state index is -3.62. The molecule has 3 rings (SSSR count). The molecule has 1 aromatic carbocycles. The molecule has 2 N–H and O–H groups in total. The van der Waals surface area contributed by atoms with Crippen molar-refractivity contribution in [1.29, 1.82) is 0 Å². The standard InChI is InChI=1S/C16H18ClN5O2S/c1-16(2,3)22-13(18)11-12(9-6-5-7-10(17)8-9)19-15(25(4,23)24)20-14(11)21-22/h5-8H,18H2,1-4H3. The second kappa shape index (κ2) is 5.67. The molecule has 3 aromatic rings. The Kier molecular flexibility index (Phi) is 4.00. The number of benzene rings is 1. The van der Waals surface area contributed by atoms with Crippen LogP contribution in [0.15, 0.2) is 29.4 Å². The zero-order valence-corrected chi connectivity index (χ0v) is 15.9. The van der Waals surface area contributed by atoms with Gasteiger partial charge < -0.3 is 5.73 Å². The first-order valence-electron chi connectivity index (χ1n) is 7.51. The third-order valence-electron chi connectivity index (χ3n) is 3.61. The van der Waals surface area contributed by atoms with Gasteiger partial charge in [0.2, 0.25) is 15.0 Å². The molecular weight excluding hydrogens is 362 g/mol. The molecule has 0 spiro atoms. The minimum Gasteiger partial charge on any atom is -0.383 e. The second-order valence-corrected chi connectivity index (χ2v) is 9.15. The predicted octanol–water partition coefficient (Wildman–Crippen LogP) is 2.89. The molecule has 0 fully saturated rings. The number of hydrogen-bond acceptors (Lipinski definition) is 6. The quantitative estimate of drug-likeness (QED) is 0.686. The topological polar surface area (TPSA) is 104 Å². The lowest BCUT2D eigenvalue weighted by Crippen LogP contribution is -2.24. The summed E-state index contributed by atoms with van der Waals surface area (Å²) in [6.45, 7) is 5.83. The van der Waals surface area contributed by atoms with Crippen LogP contribution < -0.4 is 5.73 Å². The molecule has 0 aliphatic carbocycles. The van der Waals surface area contributed by atoms with E-state index < -0.39 is 15.4 Å². The molecule has 0 aliphatic rings. The normalized spacial score (nSPS) is 12.7. The number of halogens is 1. The number of nitrogen functional groups attached to an aromatic ring is 1. The van der Waals surface area contributed by atoms with Crippen LogP contribution in [-0.2, 0) is 15.4 Å². The van der Waals surface area contributed by atoms with E-state index in [1.165, 1.54) is 0 Å². The Labute approximate surface area is 150 Å². The van der Waals surface area contributed by atoms with Gasteiger partial charge in [0.25, 0.3) is 0 Å². The Bertz CT molecular complexity index is 1080. The lowest BCUT2D eigenvalue weighted by Gasteiger charge is -2.20. The maximum absolute atomic E-state index is 12.0. The van der Waals surface area contributed by atoms with Gasteiger partial charge in [0.05, 0.1) is 16.6 Å². The predicted molar refractivity (Wildman–Crippen MR) is 98.3 cm³/mol. The van der Waals surface area contributed by atoms with Gasteiger partial charge >= 0.3 is 0 Å². The first kappa shape index (κ1) is 17.6. The number of hydrogen-bond donors (Lipinski definition) is 1. The van der Waals surface area contributed by atoms with E-state index >= 15 is 0 Å². The Morgan fingerprint density at radius 2 is 1.88 bits per heavy atom. The second-order valence-electron chi connectivity index (χ2n) is 6.80. The highest BCUT2D eigenvalue weighted by Crippen LogP contribution is 2.34. The van der Waals surface area contributed by atoms with Crippen molar-refractivity contribution in [2.45, 2.75) is 31.5 Å². The van der Waals surface area contributed by atoms with Crippen molar-refractivity contribution in [3.8, 4) is 11.3 Å². The number of fused-ring (bicyclic) bond motifs is 1. The average Bonchev–Trinajstić information content (AvgIpc) is 2.83. The summed E-state index contributed by atoms with van der Waals surface area (Å²) in [6, 6.07) is 6.97. The molecular formula is C16H18ClN5O2S. The van der Waals surface area contributed by atoms with Crippen molar-refractivity contribution in [2.75, 3.05) is 12.0 Å². The molecule has 0 saturated heterocycles. The molecule has 0 radical (unpaired) electrons. The van der Waals surface area contributed by atoms with Crippen LogP contribution in [0.3, 0.4) is 0 Å². The zero-order valence-electron chi connectivity index (χ0n) is 14.3. The number of rotatable bonds is 2. The van der Waals surface area contributed by atoms with Gasteiger partial charge in [0.1, 0.15) is 5.82 Å². The summed E-state index contributed by atoms with van der Waals surface area (Å²) >= 11 is 6.08. The van der Waals surface area contributed by atoms with Crippen molar-refractivity contribution in [1.82, 2.24) is 19.7 Å². The van der Waals surface area contributed by atoms with Gasteiger partial charge in [-0.2, -0.15) is 4.98 Å². The molecule has 0 bridgehead atoms. The average molecular weight is 380 g/mol. The van der Waals surface area contributed by atoms with Crippen LogP contribution in [0.4, 0.5) is 5.82 Å². The largest absolute Gasteiger partial charge is 0.383 e. The highest BCUT2D eigenvalue weighted by atomic mass is 35.5. The summed E-state index contributed by atoms with van der Waals surface area (Å²) < 4.78 is 25.6. The monoisotopic (exact) mass is 379 g/mol. The van der Waals surface area contributed by atoms with Crippen LogP contribution in [0, 0.1) is 0 Å². The molecule has 0 unspecified atom stereocenters. The van der Waals surface area contributed by atoms with Crippen molar-refractivity contribution in [3.05, 3.63) is 29.3 Å². The van der Waals surface area contributed by atoms with E-state index in [2.05, 4.69) is 15.1 Å². The van der Waals surface area contributed by atoms with Crippen molar-refractivity contribution in [3.63, 3.8) is 0 Å². The van der Waals surface area contributed by atoms with Gasteiger partial charge in [-0.15, -0.1) is 5.10 Å². The molecule has 0 aliphatic heterocycles. The van der Waals surface area contributed by atoms with Crippen LogP contribution in [0.2, 0.25) is 5.02 Å². The number of sulfone groups is 1. The van der Waals surface area contributed by atoms with Gasteiger partial charge in [-0.25, -0.2) is 18.1 Å². The lowest BCUT2D eigenvalue weighted by molar-refractivity contribution is 0.364.